The summed E-state index contributed by atoms with van der Waals surface area (Å²) in [6.45, 7) is 3.18. The number of ether oxygens (including phenoxy) is 1. The topological polar surface area (TPSA) is 97.5 Å². The van der Waals surface area contributed by atoms with Crippen molar-refractivity contribution in [1.82, 2.24) is 24.6 Å². The first-order chi connectivity index (χ1) is 11.3. The van der Waals surface area contributed by atoms with Crippen LogP contribution in [0.25, 0.3) is 17.0 Å². The van der Waals surface area contributed by atoms with E-state index < -0.39 is 11.4 Å². The quantitative estimate of drug-likeness (QED) is 0.749. The van der Waals surface area contributed by atoms with Crippen molar-refractivity contribution in [3.8, 4) is 17.1 Å². The van der Waals surface area contributed by atoms with Crippen LogP contribution in [0.3, 0.4) is 0 Å². The fourth-order valence-corrected chi connectivity index (χ4v) is 2.31. The minimum absolute atomic E-state index is 0.0567. The molecule has 0 bridgehead atoms. The molecule has 0 unspecified atom stereocenters. The number of methoxy groups -OCH3 is 1. The molecule has 0 aliphatic heterocycles. The van der Waals surface area contributed by atoms with Crippen LogP contribution in [0.4, 0.5) is 10.3 Å². The molecule has 8 nitrogen and oxygen atoms in total. The van der Waals surface area contributed by atoms with Gasteiger partial charge in [0, 0.05) is 13.1 Å². The van der Waals surface area contributed by atoms with Gasteiger partial charge in [0.2, 0.25) is 5.95 Å². The van der Waals surface area contributed by atoms with Crippen molar-refractivity contribution >= 4 is 11.6 Å². The zero-order chi connectivity index (χ0) is 17.5. The largest absolute Gasteiger partial charge is 0.495 e. The maximum Gasteiger partial charge on any atom is 0.223 e. The minimum atomic E-state index is -1.25. The summed E-state index contributed by atoms with van der Waals surface area (Å²) < 4.78 is 20.9. The average Bonchev–Trinajstić information content (AvgIpc) is 2.96. The van der Waals surface area contributed by atoms with Crippen molar-refractivity contribution in [3.05, 3.63) is 30.0 Å². The Labute approximate surface area is 137 Å². The molecule has 0 atom stereocenters. The third-order valence-electron chi connectivity index (χ3n) is 3.47. The third kappa shape index (κ3) is 2.62. The monoisotopic (exact) mass is 332 g/mol. The van der Waals surface area contributed by atoms with E-state index in [0.717, 1.165) is 6.20 Å². The molecule has 0 saturated heterocycles. The number of nitrogens with zero attached hydrogens (tertiary/aromatic N) is 5. The lowest BCUT2D eigenvalue weighted by atomic mass is 10.0. The lowest BCUT2D eigenvalue weighted by molar-refractivity contribution is 0.0694. The van der Waals surface area contributed by atoms with Crippen LogP contribution in [0.2, 0.25) is 0 Å². The summed E-state index contributed by atoms with van der Waals surface area (Å²) in [5.74, 6) is 0.0713. The van der Waals surface area contributed by atoms with Crippen LogP contribution in [0, 0.1) is 5.82 Å². The maximum absolute atomic E-state index is 14.2. The van der Waals surface area contributed by atoms with E-state index in [4.69, 9.17) is 4.74 Å². The van der Waals surface area contributed by atoms with Gasteiger partial charge >= 0.3 is 0 Å². The molecule has 0 amide bonds. The molecule has 0 spiro atoms. The SMILES string of the molecule is CNc1ncc(F)c(-c2cnc3cc(OC)c(C(C)(C)O)nn23)n1. The Morgan fingerprint density at radius 2 is 2.04 bits per heavy atom. The van der Waals surface area contributed by atoms with E-state index in [1.54, 1.807) is 27.0 Å². The van der Waals surface area contributed by atoms with Gasteiger partial charge in [-0.15, -0.1) is 0 Å². The number of fused-ring (bicyclic) bond motifs is 1. The van der Waals surface area contributed by atoms with E-state index in [1.807, 2.05) is 0 Å². The van der Waals surface area contributed by atoms with Crippen molar-refractivity contribution in [2.45, 2.75) is 19.4 Å². The highest BCUT2D eigenvalue weighted by Gasteiger charge is 2.26. The standard InChI is InChI=1S/C15H17FN6O2/c1-15(2,23)13-10(24-4)5-11-18-7-9(22(11)21-13)12-8(16)6-19-14(17-3)20-12/h5-7,23H,1-4H3,(H,17,19,20). The highest BCUT2D eigenvalue weighted by atomic mass is 19.1. The molecule has 126 valence electrons. The Morgan fingerprint density at radius 3 is 2.67 bits per heavy atom. The van der Waals surface area contributed by atoms with Gasteiger partial charge < -0.3 is 15.2 Å². The fourth-order valence-electron chi connectivity index (χ4n) is 2.31. The molecule has 9 heteroatoms. The van der Waals surface area contributed by atoms with Crippen LogP contribution < -0.4 is 10.1 Å². The van der Waals surface area contributed by atoms with Gasteiger partial charge in [0.05, 0.1) is 19.5 Å². The molecule has 3 aromatic rings. The van der Waals surface area contributed by atoms with Gasteiger partial charge in [-0.05, 0) is 13.8 Å². The predicted octanol–water partition coefficient (Wildman–Crippen LogP) is 1.60. The van der Waals surface area contributed by atoms with Crippen LogP contribution in [0.1, 0.15) is 19.5 Å². The van der Waals surface area contributed by atoms with Gasteiger partial charge in [0.1, 0.15) is 28.4 Å². The molecule has 3 heterocycles. The summed E-state index contributed by atoms with van der Waals surface area (Å²) in [5.41, 5.74) is -0.101. The second-order valence-corrected chi connectivity index (χ2v) is 5.67. The van der Waals surface area contributed by atoms with Crippen molar-refractivity contribution in [2.24, 2.45) is 0 Å². The first-order valence-corrected chi connectivity index (χ1v) is 7.21. The number of halogens is 1. The molecular formula is C15H17FN6O2. The highest BCUT2D eigenvalue weighted by molar-refractivity contribution is 5.62. The number of nitrogens with one attached hydrogen (secondary N) is 1. The van der Waals surface area contributed by atoms with Gasteiger partial charge in [-0.25, -0.2) is 23.9 Å². The van der Waals surface area contributed by atoms with Gasteiger partial charge in [-0.1, -0.05) is 0 Å². The Balaban J connectivity index is 2.28. The molecule has 2 N–H and O–H groups in total. The van der Waals surface area contributed by atoms with E-state index in [-0.39, 0.29) is 11.6 Å². The molecule has 0 saturated carbocycles. The number of imidazole rings is 1. The number of anilines is 1. The molecule has 0 aliphatic carbocycles. The molecule has 3 aromatic heterocycles. The van der Waals surface area contributed by atoms with Crippen LogP contribution in [0.5, 0.6) is 5.75 Å². The summed E-state index contributed by atoms with van der Waals surface area (Å²) in [6.07, 6.45) is 2.54. The van der Waals surface area contributed by atoms with Crippen molar-refractivity contribution in [1.29, 1.82) is 0 Å². The van der Waals surface area contributed by atoms with Crippen LogP contribution >= 0.6 is 0 Å². The van der Waals surface area contributed by atoms with Crippen LogP contribution in [0.15, 0.2) is 18.5 Å². The third-order valence-corrected chi connectivity index (χ3v) is 3.47. The fraction of sp³-hybridized carbons (Fsp3) is 0.333. The molecule has 24 heavy (non-hydrogen) atoms. The first-order valence-electron chi connectivity index (χ1n) is 7.21. The van der Waals surface area contributed by atoms with Gasteiger partial charge in [-0.2, -0.15) is 5.10 Å². The lowest BCUT2D eigenvalue weighted by Crippen LogP contribution is -2.20. The van der Waals surface area contributed by atoms with E-state index in [1.165, 1.54) is 17.8 Å². The number of rotatable bonds is 4. The zero-order valence-electron chi connectivity index (χ0n) is 13.7. The maximum atomic E-state index is 14.2. The minimum Gasteiger partial charge on any atom is -0.495 e. The summed E-state index contributed by atoms with van der Waals surface area (Å²) in [6, 6.07) is 1.63. The lowest BCUT2D eigenvalue weighted by Gasteiger charge is -2.19. The predicted molar refractivity (Wildman–Crippen MR) is 85.3 cm³/mol. The summed E-state index contributed by atoms with van der Waals surface area (Å²) in [4.78, 5) is 12.2. The molecule has 0 aliphatic rings. The Kier molecular flexibility index (Phi) is 3.80. The summed E-state index contributed by atoms with van der Waals surface area (Å²) >= 11 is 0. The van der Waals surface area contributed by atoms with E-state index in [2.05, 4.69) is 25.4 Å². The Bertz CT molecular complexity index is 903. The van der Waals surface area contributed by atoms with Gasteiger partial charge in [-0.3, -0.25) is 0 Å². The van der Waals surface area contributed by atoms with Crippen LogP contribution in [-0.2, 0) is 5.60 Å². The highest BCUT2D eigenvalue weighted by Crippen LogP contribution is 2.30. The second-order valence-electron chi connectivity index (χ2n) is 5.67. The van der Waals surface area contributed by atoms with Crippen molar-refractivity contribution in [3.63, 3.8) is 0 Å². The van der Waals surface area contributed by atoms with Crippen molar-refractivity contribution < 1.29 is 14.2 Å². The second kappa shape index (κ2) is 5.68. The normalized spacial score (nSPS) is 11.8. The van der Waals surface area contributed by atoms with E-state index >= 15 is 0 Å². The number of aromatic nitrogens is 5. The zero-order valence-corrected chi connectivity index (χ0v) is 13.7. The first kappa shape index (κ1) is 16.1. The molecule has 0 aromatic carbocycles. The number of aliphatic hydroxyl groups is 1. The van der Waals surface area contributed by atoms with Gasteiger partial charge in [0.25, 0.3) is 0 Å². The van der Waals surface area contributed by atoms with Crippen molar-refractivity contribution in [2.75, 3.05) is 19.5 Å². The summed E-state index contributed by atoms with van der Waals surface area (Å²) in [7, 11) is 3.12. The molecule has 0 fully saturated rings. The smallest absolute Gasteiger partial charge is 0.223 e. The molecular weight excluding hydrogens is 315 g/mol. The number of hydrogen-bond donors (Lipinski definition) is 2. The van der Waals surface area contributed by atoms with Gasteiger partial charge in [0.15, 0.2) is 11.5 Å². The Morgan fingerprint density at radius 1 is 1.29 bits per heavy atom. The van der Waals surface area contributed by atoms with E-state index in [9.17, 15) is 9.50 Å². The summed E-state index contributed by atoms with van der Waals surface area (Å²) in [5, 5.41) is 17.5. The Hall–Kier alpha value is -2.81. The van der Waals surface area contributed by atoms with E-state index in [0.29, 0.717) is 22.8 Å². The number of hydrogen-bond acceptors (Lipinski definition) is 7. The molecule has 0 radical (unpaired) electrons. The van der Waals surface area contributed by atoms with Crippen LogP contribution in [-0.4, -0.2) is 43.8 Å². The molecule has 3 rings (SSSR count). The average molecular weight is 332 g/mol.